The van der Waals surface area contributed by atoms with Gasteiger partial charge in [-0.15, -0.1) is 0 Å². The van der Waals surface area contributed by atoms with Crippen LogP contribution in [0, 0.1) is 5.92 Å². The molecule has 1 aromatic heterocycles. The topological polar surface area (TPSA) is 74.5 Å². The van der Waals surface area contributed by atoms with Crippen LogP contribution in [0.15, 0.2) is 4.52 Å². The van der Waals surface area contributed by atoms with E-state index >= 15 is 0 Å². The Kier molecular flexibility index (Phi) is 4.53. The summed E-state index contributed by atoms with van der Waals surface area (Å²) >= 11 is 0. The average molecular weight is 294 g/mol. The van der Waals surface area contributed by atoms with E-state index in [1.807, 2.05) is 0 Å². The molecule has 1 aromatic rings. The van der Waals surface area contributed by atoms with Crippen LogP contribution in [-0.4, -0.2) is 36.4 Å². The number of carbonyl (C=O) groups is 1. The van der Waals surface area contributed by atoms with Crippen LogP contribution in [0.2, 0.25) is 0 Å². The van der Waals surface area contributed by atoms with E-state index in [4.69, 9.17) is 14.0 Å². The van der Waals surface area contributed by atoms with Crippen LogP contribution in [0.5, 0.6) is 0 Å². The summed E-state index contributed by atoms with van der Waals surface area (Å²) in [4.78, 5) is 16.6. The van der Waals surface area contributed by atoms with Gasteiger partial charge in [0.05, 0.1) is 7.11 Å². The second-order valence-electron chi connectivity index (χ2n) is 5.92. The molecule has 0 amide bonds. The highest BCUT2D eigenvalue weighted by Gasteiger charge is 2.37. The Balaban J connectivity index is 1.78. The number of nitrogens with zero attached hydrogens (tertiary/aromatic N) is 2. The van der Waals surface area contributed by atoms with Crippen molar-refractivity contribution in [1.29, 1.82) is 0 Å². The summed E-state index contributed by atoms with van der Waals surface area (Å²) < 4.78 is 15.7. The van der Waals surface area contributed by atoms with Crippen LogP contribution in [0.1, 0.15) is 62.1 Å². The van der Waals surface area contributed by atoms with E-state index in [1.165, 1.54) is 7.11 Å². The Morgan fingerprint density at radius 1 is 1.24 bits per heavy atom. The van der Waals surface area contributed by atoms with Gasteiger partial charge in [-0.05, 0) is 31.6 Å². The number of rotatable bonds is 4. The SMILES string of the molecule is COC(=O)C(c1nc(C2CCOCC2)no1)C1CCCC1. The molecule has 0 spiro atoms. The first-order valence-corrected chi connectivity index (χ1v) is 7.78. The Hall–Kier alpha value is -1.43. The predicted octanol–water partition coefficient (Wildman–Crippen LogP) is 2.41. The fraction of sp³-hybridized carbons (Fsp3) is 0.800. The third-order valence-electron chi connectivity index (χ3n) is 4.64. The van der Waals surface area contributed by atoms with E-state index in [1.54, 1.807) is 0 Å². The quantitative estimate of drug-likeness (QED) is 0.794. The van der Waals surface area contributed by atoms with Gasteiger partial charge in [0.15, 0.2) is 5.82 Å². The van der Waals surface area contributed by atoms with Crippen molar-refractivity contribution in [1.82, 2.24) is 10.1 Å². The zero-order valence-corrected chi connectivity index (χ0v) is 12.4. The normalized spacial score (nSPS) is 22.3. The summed E-state index contributed by atoms with van der Waals surface area (Å²) in [5, 5.41) is 4.10. The van der Waals surface area contributed by atoms with E-state index in [0.717, 1.165) is 51.7 Å². The summed E-state index contributed by atoms with van der Waals surface area (Å²) in [5.74, 6) is 1.01. The number of carbonyl (C=O) groups excluding carboxylic acids is 1. The smallest absolute Gasteiger partial charge is 0.318 e. The molecule has 2 aliphatic rings. The maximum atomic E-state index is 12.1. The number of hydrogen-bond donors (Lipinski definition) is 0. The molecule has 1 aliphatic heterocycles. The van der Waals surface area contributed by atoms with Gasteiger partial charge < -0.3 is 14.0 Å². The van der Waals surface area contributed by atoms with Gasteiger partial charge in [0, 0.05) is 19.1 Å². The minimum Gasteiger partial charge on any atom is -0.468 e. The fourth-order valence-corrected chi connectivity index (χ4v) is 3.41. The number of ether oxygens (including phenoxy) is 2. The number of esters is 1. The van der Waals surface area contributed by atoms with Crippen molar-refractivity contribution in [2.24, 2.45) is 5.92 Å². The van der Waals surface area contributed by atoms with Crippen molar-refractivity contribution in [2.45, 2.75) is 50.4 Å². The molecule has 0 radical (unpaired) electrons. The van der Waals surface area contributed by atoms with Crippen molar-refractivity contribution in [2.75, 3.05) is 20.3 Å². The highest BCUT2D eigenvalue weighted by Crippen LogP contribution is 2.38. The first-order valence-electron chi connectivity index (χ1n) is 7.78. The van der Waals surface area contributed by atoms with E-state index in [2.05, 4.69) is 10.1 Å². The maximum Gasteiger partial charge on any atom is 0.318 e. The Labute approximate surface area is 124 Å². The Bertz CT molecular complexity index is 476. The van der Waals surface area contributed by atoms with Gasteiger partial charge in [0.2, 0.25) is 5.89 Å². The Morgan fingerprint density at radius 2 is 1.95 bits per heavy atom. The standard InChI is InChI=1S/C15H22N2O4/c1-19-15(18)12(10-4-2-3-5-10)14-16-13(17-21-14)11-6-8-20-9-7-11/h10-12H,2-9H2,1H3. The molecule has 1 unspecified atom stereocenters. The predicted molar refractivity (Wildman–Crippen MR) is 73.8 cm³/mol. The first kappa shape index (κ1) is 14.5. The lowest BCUT2D eigenvalue weighted by Gasteiger charge is -2.19. The maximum absolute atomic E-state index is 12.1. The second kappa shape index (κ2) is 6.56. The van der Waals surface area contributed by atoms with Gasteiger partial charge in [0.25, 0.3) is 0 Å². The largest absolute Gasteiger partial charge is 0.468 e. The van der Waals surface area contributed by atoms with Gasteiger partial charge in [-0.3, -0.25) is 4.79 Å². The highest BCUT2D eigenvalue weighted by atomic mass is 16.5. The van der Waals surface area contributed by atoms with Crippen LogP contribution in [-0.2, 0) is 14.3 Å². The summed E-state index contributed by atoms with van der Waals surface area (Å²) in [6.07, 6.45) is 6.17. The molecule has 2 fully saturated rings. The third kappa shape index (κ3) is 3.10. The molecule has 0 bridgehead atoms. The summed E-state index contributed by atoms with van der Waals surface area (Å²) in [5.41, 5.74) is 0. The van der Waals surface area contributed by atoms with E-state index in [-0.39, 0.29) is 17.8 Å². The van der Waals surface area contributed by atoms with Gasteiger partial charge in [-0.1, -0.05) is 18.0 Å². The first-order chi connectivity index (χ1) is 10.3. The summed E-state index contributed by atoms with van der Waals surface area (Å²) in [6, 6.07) is 0. The molecule has 2 heterocycles. The van der Waals surface area contributed by atoms with Crippen molar-refractivity contribution in [3.8, 4) is 0 Å². The summed E-state index contributed by atoms with van der Waals surface area (Å²) in [6.45, 7) is 1.47. The van der Waals surface area contributed by atoms with Crippen LogP contribution in [0.25, 0.3) is 0 Å². The Morgan fingerprint density at radius 3 is 2.62 bits per heavy atom. The molecule has 1 saturated carbocycles. The zero-order valence-electron chi connectivity index (χ0n) is 12.4. The number of aromatic nitrogens is 2. The van der Waals surface area contributed by atoms with Crippen molar-refractivity contribution >= 4 is 5.97 Å². The summed E-state index contributed by atoms with van der Waals surface area (Å²) in [7, 11) is 1.42. The van der Waals surface area contributed by atoms with Crippen molar-refractivity contribution < 1.29 is 18.8 Å². The van der Waals surface area contributed by atoms with Gasteiger partial charge in [0.1, 0.15) is 5.92 Å². The van der Waals surface area contributed by atoms with Gasteiger partial charge >= 0.3 is 5.97 Å². The molecule has 1 aliphatic carbocycles. The minimum atomic E-state index is -0.404. The van der Waals surface area contributed by atoms with Crippen LogP contribution in [0.3, 0.4) is 0 Å². The van der Waals surface area contributed by atoms with Gasteiger partial charge in [-0.25, -0.2) is 0 Å². The average Bonchev–Trinajstić information content (AvgIpc) is 3.20. The molecular formula is C15H22N2O4. The molecule has 0 N–H and O–H groups in total. The van der Waals surface area contributed by atoms with Crippen LogP contribution >= 0.6 is 0 Å². The third-order valence-corrected chi connectivity index (χ3v) is 4.64. The van der Waals surface area contributed by atoms with Crippen molar-refractivity contribution in [3.63, 3.8) is 0 Å². The monoisotopic (exact) mass is 294 g/mol. The number of hydrogen-bond acceptors (Lipinski definition) is 6. The van der Waals surface area contributed by atoms with Gasteiger partial charge in [-0.2, -0.15) is 4.98 Å². The van der Waals surface area contributed by atoms with Crippen LogP contribution < -0.4 is 0 Å². The van der Waals surface area contributed by atoms with E-state index in [0.29, 0.717) is 11.7 Å². The molecule has 6 heteroatoms. The van der Waals surface area contributed by atoms with E-state index in [9.17, 15) is 4.79 Å². The fourth-order valence-electron chi connectivity index (χ4n) is 3.41. The van der Waals surface area contributed by atoms with E-state index < -0.39 is 5.92 Å². The lowest BCUT2D eigenvalue weighted by atomic mass is 9.90. The second-order valence-corrected chi connectivity index (χ2v) is 5.92. The molecule has 1 atom stereocenters. The molecule has 6 nitrogen and oxygen atoms in total. The molecular weight excluding hydrogens is 272 g/mol. The van der Waals surface area contributed by atoms with Crippen molar-refractivity contribution in [3.05, 3.63) is 11.7 Å². The lowest BCUT2D eigenvalue weighted by Crippen LogP contribution is -2.22. The number of methoxy groups -OCH3 is 1. The molecule has 1 saturated heterocycles. The molecule has 21 heavy (non-hydrogen) atoms. The zero-order chi connectivity index (χ0) is 14.7. The molecule has 3 rings (SSSR count). The minimum absolute atomic E-state index is 0.260. The lowest BCUT2D eigenvalue weighted by molar-refractivity contribution is -0.144. The highest BCUT2D eigenvalue weighted by molar-refractivity contribution is 5.77. The molecule has 0 aromatic carbocycles. The van der Waals surface area contributed by atoms with Crippen LogP contribution in [0.4, 0.5) is 0 Å². The molecule has 116 valence electrons.